The van der Waals surface area contributed by atoms with Gasteiger partial charge in [-0.1, -0.05) is 17.3 Å². The van der Waals surface area contributed by atoms with Gasteiger partial charge in [-0.15, -0.1) is 0 Å². The summed E-state index contributed by atoms with van der Waals surface area (Å²) in [6.45, 7) is 1.63. The van der Waals surface area contributed by atoms with E-state index in [2.05, 4.69) is 15.5 Å². The Kier molecular flexibility index (Phi) is 4.32. The Hall–Kier alpha value is -2.70. The molecule has 2 aromatic rings. The first-order chi connectivity index (χ1) is 10.0. The number of nitrogens with two attached hydrogens (primary N) is 1. The number of anilines is 1. The van der Waals surface area contributed by atoms with E-state index in [1.807, 2.05) is 0 Å². The summed E-state index contributed by atoms with van der Waals surface area (Å²) in [5.41, 5.74) is 6.43. The van der Waals surface area contributed by atoms with Gasteiger partial charge in [0, 0.05) is 18.3 Å². The Morgan fingerprint density at radius 2 is 2.14 bits per heavy atom. The fraction of sp³-hybridized carbons (Fsp3) is 0.143. The molecule has 4 N–H and O–H groups in total. The van der Waals surface area contributed by atoms with Crippen LogP contribution in [0.25, 0.3) is 0 Å². The Morgan fingerprint density at radius 1 is 1.38 bits per heavy atom. The molecule has 1 aromatic heterocycles. The molecule has 5 nitrogen and oxygen atoms in total. The molecule has 7 heteroatoms. The second-order valence-electron chi connectivity index (χ2n) is 4.40. The van der Waals surface area contributed by atoms with E-state index in [0.29, 0.717) is 11.1 Å². The maximum Gasteiger partial charge on any atom is 0.189 e. The Morgan fingerprint density at radius 3 is 2.86 bits per heavy atom. The van der Waals surface area contributed by atoms with Gasteiger partial charge in [-0.2, -0.15) is 0 Å². The fourth-order valence-corrected chi connectivity index (χ4v) is 1.86. The normalized spacial score (nSPS) is 11.5. The second-order valence-corrected chi connectivity index (χ2v) is 4.40. The van der Waals surface area contributed by atoms with Gasteiger partial charge < -0.3 is 16.3 Å². The van der Waals surface area contributed by atoms with Crippen molar-refractivity contribution in [1.82, 2.24) is 4.98 Å². The van der Waals surface area contributed by atoms with Crippen LogP contribution in [0.4, 0.5) is 14.5 Å². The van der Waals surface area contributed by atoms with Gasteiger partial charge in [0.25, 0.3) is 0 Å². The molecule has 0 bridgehead atoms. The molecule has 0 saturated heterocycles. The summed E-state index contributed by atoms with van der Waals surface area (Å²) in [6, 6.07) is 5.86. The summed E-state index contributed by atoms with van der Waals surface area (Å²) in [4.78, 5) is 3.98. The summed E-state index contributed by atoms with van der Waals surface area (Å²) < 4.78 is 27.5. The molecule has 1 aromatic carbocycles. The van der Waals surface area contributed by atoms with Crippen molar-refractivity contribution in [3.8, 4) is 0 Å². The van der Waals surface area contributed by atoms with Gasteiger partial charge in [0.2, 0.25) is 0 Å². The molecular formula is C14H14F2N4O. The van der Waals surface area contributed by atoms with Crippen molar-refractivity contribution in [3.63, 3.8) is 0 Å². The van der Waals surface area contributed by atoms with Crippen LogP contribution in [0.3, 0.4) is 0 Å². The number of amidine groups is 1. The van der Waals surface area contributed by atoms with E-state index in [-0.39, 0.29) is 23.8 Å². The molecule has 0 aliphatic rings. The SMILES string of the molecule is Cc1ccc(F)c(NCc2cccnc2/C(N)=N/O)c1F. The number of benzene rings is 1. The van der Waals surface area contributed by atoms with Crippen LogP contribution in [0, 0.1) is 18.6 Å². The number of nitrogens with zero attached hydrogens (tertiary/aromatic N) is 2. The number of hydrogen-bond donors (Lipinski definition) is 3. The molecule has 0 spiro atoms. The predicted molar refractivity (Wildman–Crippen MR) is 75.2 cm³/mol. The topological polar surface area (TPSA) is 83.5 Å². The summed E-state index contributed by atoms with van der Waals surface area (Å²) >= 11 is 0. The maximum absolute atomic E-state index is 13.9. The molecule has 2 rings (SSSR count). The smallest absolute Gasteiger partial charge is 0.189 e. The van der Waals surface area contributed by atoms with Crippen LogP contribution < -0.4 is 11.1 Å². The van der Waals surface area contributed by atoms with E-state index < -0.39 is 11.6 Å². The first-order valence-electron chi connectivity index (χ1n) is 6.15. The number of pyridine rings is 1. The van der Waals surface area contributed by atoms with Gasteiger partial charge in [0.05, 0.1) is 0 Å². The quantitative estimate of drug-likeness (QED) is 0.349. The third-order valence-electron chi connectivity index (χ3n) is 2.98. The number of oxime groups is 1. The average molecular weight is 292 g/mol. The molecule has 0 aliphatic carbocycles. The van der Waals surface area contributed by atoms with E-state index >= 15 is 0 Å². The first kappa shape index (κ1) is 14.7. The molecule has 110 valence electrons. The lowest BCUT2D eigenvalue weighted by Crippen LogP contribution is -2.19. The Bertz CT molecular complexity index is 689. The fourth-order valence-electron chi connectivity index (χ4n) is 1.86. The Balaban J connectivity index is 2.28. The van der Waals surface area contributed by atoms with Crippen molar-refractivity contribution in [2.75, 3.05) is 5.32 Å². The number of nitrogens with one attached hydrogen (secondary N) is 1. The van der Waals surface area contributed by atoms with Crippen molar-refractivity contribution >= 4 is 11.5 Å². The van der Waals surface area contributed by atoms with Gasteiger partial charge in [0.1, 0.15) is 17.2 Å². The highest BCUT2D eigenvalue weighted by atomic mass is 19.1. The lowest BCUT2D eigenvalue weighted by molar-refractivity contribution is 0.318. The average Bonchev–Trinajstić information content (AvgIpc) is 2.50. The highest BCUT2D eigenvalue weighted by molar-refractivity contribution is 5.96. The largest absolute Gasteiger partial charge is 0.409 e. The van der Waals surface area contributed by atoms with Gasteiger partial charge >= 0.3 is 0 Å². The van der Waals surface area contributed by atoms with Crippen LogP contribution >= 0.6 is 0 Å². The minimum Gasteiger partial charge on any atom is -0.409 e. The summed E-state index contributed by atoms with van der Waals surface area (Å²) in [7, 11) is 0. The highest BCUT2D eigenvalue weighted by Crippen LogP contribution is 2.22. The van der Waals surface area contributed by atoms with Crippen LogP contribution in [0.5, 0.6) is 0 Å². The minimum atomic E-state index is -0.688. The number of aryl methyl sites for hydroxylation is 1. The van der Waals surface area contributed by atoms with Crippen LogP contribution in [0.1, 0.15) is 16.8 Å². The second kappa shape index (κ2) is 6.17. The van der Waals surface area contributed by atoms with Gasteiger partial charge in [-0.3, -0.25) is 4.98 Å². The summed E-state index contributed by atoms with van der Waals surface area (Å²) in [5.74, 6) is -1.51. The monoisotopic (exact) mass is 292 g/mol. The summed E-state index contributed by atoms with van der Waals surface area (Å²) in [6.07, 6.45) is 1.48. The third kappa shape index (κ3) is 3.07. The van der Waals surface area contributed by atoms with Crippen molar-refractivity contribution in [1.29, 1.82) is 0 Å². The predicted octanol–water partition coefficient (Wildman–Crippen LogP) is 2.37. The molecule has 0 amide bonds. The molecule has 0 fully saturated rings. The van der Waals surface area contributed by atoms with Crippen LogP contribution in [0.15, 0.2) is 35.6 Å². The van der Waals surface area contributed by atoms with E-state index in [0.717, 1.165) is 0 Å². The zero-order valence-electron chi connectivity index (χ0n) is 11.3. The molecule has 0 unspecified atom stereocenters. The van der Waals surface area contributed by atoms with Gasteiger partial charge in [-0.25, -0.2) is 8.78 Å². The van der Waals surface area contributed by atoms with Crippen LogP contribution in [0.2, 0.25) is 0 Å². The van der Waals surface area contributed by atoms with Crippen molar-refractivity contribution in [3.05, 3.63) is 58.9 Å². The van der Waals surface area contributed by atoms with Crippen LogP contribution in [-0.4, -0.2) is 16.0 Å². The first-order valence-corrected chi connectivity index (χ1v) is 6.15. The third-order valence-corrected chi connectivity index (χ3v) is 2.98. The van der Waals surface area contributed by atoms with Crippen molar-refractivity contribution in [2.24, 2.45) is 10.9 Å². The molecular weight excluding hydrogens is 278 g/mol. The molecule has 0 atom stereocenters. The Labute approximate surface area is 120 Å². The number of aromatic nitrogens is 1. The van der Waals surface area contributed by atoms with Gasteiger partial charge in [0.15, 0.2) is 11.7 Å². The zero-order valence-corrected chi connectivity index (χ0v) is 11.3. The zero-order chi connectivity index (χ0) is 15.4. The van der Waals surface area contributed by atoms with Crippen molar-refractivity contribution in [2.45, 2.75) is 13.5 Å². The van der Waals surface area contributed by atoms with E-state index in [1.165, 1.54) is 18.3 Å². The lowest BCUT2D eigenvalue weighted by atomic mass is 10.1. The van der Waals surface area contributed by atoms with Crippen molar-refractivity contribution < 1.29 is 14.0 Å². The molecule has 1 heterocycles. The number of halogens is 2. The van der Waals surface area contributed by atoms with E-state index in [1.54, 1.807) is 19.1 Å². The van der Waals surface area contributed by atoms with Gasteiger partial charge in [-0.05, 0) is 24.6 Å². The van der Waals surface area contributed by atoms with Crippen LogP contribution in [-0.2, 0) is 6.54 Å². The molecule has 0 aliphatic heterocycles. The lowest BCUT2D eigenvalue weighted by Gasteiger charge is -2.12. The highest BCUT2D eigenvalue weighted by Gasteiger charge is 2.13. The molecule has 21 heavy (non-hydrogen) atoms. The summed E-state index contributed by atoms with van der Waals surface area (Å²) in [5, 5.41) is 14.3. The van der Waals surface area contributed by atoms with E-state index in [9.17, 15) is 8.78 Å². The standard InChI is InChI=1S/C14H14F2N4O/c1-8-4-5-10(15)13(11(8)16)19-7-9-3-2-6-18-12(9)14(17)20-21/h2-6,19,21H,7H2,1H3,(H2,17,20). The maximum atomic E-state index is 13.9. The molecule has 0 saturated carbocycles. The number of rotatable bonds is 4. The minimum absolute atomic E-state index is 0.0800. The van der Waals surface area contributed by atoms with E-state index in [4.69, 9.17) is 10.9 Å². The molecule has 0 radical (unpaired) electrons. The number of hydrogen-bond acceptors (Lipinski definition) is 4.